The Kier molecular flexibility index (Phi) is 8.96. The largest absolute Gasteiger partial charge is 0.496 e. The molecule has 6 nitrogen and oxygen atoms in total. The highest BCUT2D eigenvalue weighted by Gasteiger charge is 2.32. The molecule has 0 radical (unpaired) electrons. The minimum atomic E-state index is -0.296. The van der Waals surface area contributed by atoms with Gasteiger partial charge in [0.1, 0.15) is 12.4 Å². The Bertz CT molecular complexity index is 839. The van der Waals surface area contributed by atoms with Gasteiger partial charge in [0.25, 0.3) is 0 Å². The van der Waals surface area contributed by atoms with Gasteiger partial charge in [0.05, 0.1) is 25.0 Å². The number of carbonyl (C=O) groups is 2. The lowest BCUT2D eigenvalue weighted by Gasteiger charge is -2.22. The van der Waals surface area contributed by atoms with Crippen LogP contribution in [0.3, 0.4) is 0 Å². The summed E-state index contributed by atoms with van der Waals surface area (Å²) >= 11 is 0. The topological polar surface area (TPSA) is 73.9 Å². The maximum absolute atomic E-state index is 12.4. The first-order valence-electron chi connectivity index (χ1n) is 11.1. The van der Waals surface area contributed by atoms with E-state index in [9.17, 15) is 9.59 Å². The second-order valence-corrected chi connectivity index (χ2v) is 8.90. The van der Waals surface area contributed by atoms with Crippen LogP contribution in [0.1, 0.15) is 80.9 Å². The number of benzene rings is 1. The van der Waals surface area contributed by atoms with Crippen molar-refractivity contribution in [1.29, 1.82) is 0 Å². The lowest BCUT2D eigenvalue weighted by Crippen LogP contribution is -2.16. The van der Waals surface area contributed by atoms with Crippen molar-refractivity contribution in [2.24, 2.45) is 5.92 Å². The van der Waals surface area contributed by atoms with Crippen LogP contribution in [0.2, 0.25) is 0 Å². The second kappa shape index (κ2) is 11.2. The molecule has 0 bridgehead atoms. The number of esters is 2. The Balaban J connectivity index is 2.19. The van der Waals surface area contributed by atoms with E-state index in [1.54, 1.807) is 7.11 Å². The fourth-order valence-corrected chi connectivity index (χ4v) is 3.66. The van der Waals surface area contributed by atoms with Gasteiger partial charge in [-0.25, -0.2) is 4.79 Å². The number of cyclic esters (lactones) is 1. The number of methoxy groups -OCH3 is 1. The highest BCUT2D eigenvalue weighted by atomic mass is 16.5. The number of anilines is 1. The van der Waals surface area contributed by atoms with Gasteiger partial charge in [0.2, 0.25) is 0 Å². The van der Waals surface area contributed by atoms with Gasteiger partial charge in [0, 0.05) is 23.6 Å². The minimum absolute atomic E-state index is 0.148. The van der Waals surface area contributed by atoms with Crippen molar-refractivity contribution >= 4 is 17.6 Å². The summed E-state index contributed by atoms with van der Waals surface area (Å²) < 4.78 is 16.4. The molecule has 172 valence electrons. The summed E-state index contributed by atoms with van der Waals surface area (Å²) in [5, 5.41) is 3.43. The third-order valence-electron chi connectivity index (χ3n) is 5.45. The first-order chi connectivity index (χ1) is 14.6. The number of fused-ring (bicyclic) bond motifs is 1. The molecule has 0 spiro atoms. The number of rotatable bonds is 11. The highest BCUT2D eigenvalue weighted by Crippen LogP contribution is 2.41. The third kappa shape index (κ3) is 6.49. The first-order valence-corrected chi connectivity index (χ1v) is 11.1. The molecule has 0 saturated heterocycles. The molecule has 1 aliphatic heterocycles. The Hall–Kier alpha value is -2.50. The van der Waals surface area contributed by atoms with Gasteiger partial charge in [-0.3, -0.25) is 4.79 Å². The number of allylic oxidation sites excluding steroid dienone is 2. The Morgan fingerprint density at radius 3 is 2.55 bits per heavy atom. The highest BCUT2D eigenvalue weighted by molar-refractivity contribution is 6.01. The van der Waals surface area contributed by atoms with Crippen molar-refractivity contribution in [2.45, 2.75) is 79.9 Å². The molecule has 0 aliphatic carbocycles. The second-order valence-electron chi connectivity index (χ2n) is 8.90. The summed E-state index contributed by atoms with van der Waals surface area (Å²) in [5.41, 5.74) is 5.25. The van der Waals surface area contributed by atoms with Crippen LogP contribution in [0.25, 0.3) is 0 Å². The lowest BCUT2D eigenvalue weighted by molar-refractivity contribution is -0.143. The van der Waals surface area contributed by atoms with E-state index in [4.69, 9.17) is 14.2 Å². The predicted molar refractivity (Wildman–Crippen MR) is 123 cm³/mol. The Morgan fingerprint density at radius 2 is 1.94 bits per heavy atom. The predicted octanol–water partition coefficient (Wildman–Crippen LogP) is 5.35. The van der Waals surface area contributed by atoms with Crippen molar-refractivity contribution < 1.29 is 23.8 Å². The number of hydrogen-bond donors (Lipinski definition) is 1. The van der Waals surface area contributed by atoms with E-state index in [2.05, 4.69) is 25.2 Å². The van der Waals surface area contributed by atoms with E-state index >= 15 is 0 Å². The Labute approximate surface area is 186 Å². The molecule has 2 rings (SSSR count). The van der Waals surface area contributed by atoms with Crippen LogP contribution in [-0.4, -0.2) is 31.7 Å². The van der Waals surface area contributed by atoms with E-state index in [-0.39, 0.29) is 24.6 Å². The number of nitrogens with one attached hydrogen (secondary N) is 1. The molecule has 1 aliphatic rings. The molecule has 1 heterocycles. The zero-order chi connectivity index (χ0) is 23.1. The van der Waals surface area contributed by atoms with Gasteiger partial charge in [0.15, 0.2) is 0 Å². The zero-order valence-corrected chi connectivity index (χ0v) is 20.0. The minimum Gasteiger partial charge on any atom is -0.496 e. The summed E-state index contributed by atoms with van der Waals surface area (Å²) in [7, 11) is 1.65. The summed E-state index contributed by atoms with van der Waals surface area (Å²) in [6.45, 7) is 13.0. The maximum atomic E-state index is 12.4. The molecule has 0 amide bonds. The number of ether oxygens (including phenoxy) is 3. The third-order valence-corrected chi connectivity index (χ3v) is 5.45. The molecule has 1 N–H and O–H groups in total. The molecule has 1 aromatic carbocycles. The van der Waals surface area contributed by atoms with Gasteiger partial charge in [-0.1, -0.05) is 25.5 Å². The van der Waals surface area contributed by atoms with Crippen LogP contribution in [0.4, 0.5) is 5.69 Å². The normalized spacial score (nSPS) is 13.5. The van der Waals surface area contributed by atoms with Crippen molar-refractivity contribution in [3.05, 3.63) is 33.9 Å². The smallest absolute Gasteiger partial charge is 0.341 e. The average molecular weight is 432 g/mol. The molecular weight excluding hydrogens is 394 g/mol. The molecule has 0 fully saturated rings. The van der Waals surface area contributed by atoms with Crippen molar-refractivity contribution in [3.8, 4) is 5.75 Å². The molecule has 31 heavy (non-hydrogen) atoms. The van der Waals surface area contributed by atoms with Gasteiger partial charge in [-0.05, 0) is 58.4 Å². The average Bonchev–Trinajstić information content (AvgIpc) is 3.08. The fourth-order valence-electron chi connectivity index (χ4n) is 3.66. The van der Waals surface area contributed by atoms with Crippen LogP contribution in [0.15, 0.2) is 11.6 Å². The lowest BCUT2D eigenvalue weighted by atomic mass is 9.93. The summed E-state index contributed by atoms with van der Waals surface area (Å²) in [6, 6.07) is 0.148. The SMILES string of the molecule is COc1c(C)c2c(c(NC(C)C)c1CC=C(C)CCC(=O)OCCC(C)C)C(=O)OC2. The van der Waals surface area contributed by atoms with Gasteiger partial charge in [-0.2, -0.15) is 0 Å². The van der Waals surface area contributed by atoms with E-state index in [0.717, 1.165) is 40.1 Å². The number of carbonyl (C=O) groups excluding carboxylic acids is 2. The molecule has 0 atom stereocenters. The standard InChI is InChI=1S/C25H37NO5/c1-15(2)12-13-30-21(27)11-9-17(5)8-10-19-23(26-16(3)4)22-20(14-31-25(22)28)18(6)24(19)29-7/h8,15-16,26H,9-14H2,1-7H3. The van der Waals surface area contributed by atoms with Crippen molar-refractivity contribution in [3.63, 3.8) is 0 Å². The van der Waals surface area contributed by atoms with Crippen LogP contribution in [-0.2, 0) is 27.3 Å². The first kappa shape index (κ1) is 24.8. The van der Waals surface area contributed by atoms with Crippen molar-refractivity contribution in [2.75, 3.05) is 19.0 Å². The molecule has 0 unspecified atom stereocenters. The number of hydrogen-bond acceptors (Lipinski definition) is 6. The van der Waals surface area contributed by atoms with Crippen LogP contribution in [0.5, 0.6) is 5.75 Å². The van der Waals surface area contributed by atoms with E-state index in [0.29, 0.717) is 37.4 Å². The van der Waals surface area contributed by atoms with E-state index < -0.39 is 0 Å². The van der Waals surface area contributed by atoms with E-state index in [1.807, 2.05) is 27.7 Å². The van der Waals surface area contributed by atoms with Crippen molar-refractivity contribution in [1.82, 2.24) is 0 Å². The van der Waals surface area contributed by atoms with Crippen LogP contribution in [0, 0.1) is 12.8 Å². The maximum Gasteiger partial charge on any atom is 0.341 e. The summed E-state index contributed by atoms with van der Waals surface area (Å²) in [4.78, 5) is 24.4. The van der Waals surface area contributed by atoms with Crippen LogP contribution >= 0.6 is 0 Å². The van der Waals surface area contributed by atoms with E-state index in [1.165, 1.54) is 0 Å². The van der Waals surface area contributed by atoms with Gasteiger partial charge >= 0.3 is 11.9 Å². The zero-order valence-electron chi connectivity index (χ0n) is 20.0. The molecular formula is C25H37NO5. The summed E-state index contributed by atoms with van der Waals surface area (Å²) in [5.74, 6) is 0.836. The quantitative estimate of drug-likeness (QED) is 0.376. The van der Waals surface area contributed by atoms with Gasteiger partial charge < -0.3 is 19.5 Å². The van der Waals surface area contributed by atoms with Gasteiger partial charge in [-0.15, -0.1) is 0 Å². The molecule has 1 aromatic rings. The van der Waals surface area contributed by atoms with Crippen LogP contribution < -0.4 is 10.1 Å². The Morgan fingerprint density at radius 1 is 1.23 bits per heavy atom. The molecule has 0 aromatic heterocycles. The fraction of sp³-hybridized carbons (Fsp3) is 0.600. The molecule has 6 heteroatoms. The summed E-state index contributed by atoms with van der Waals surface area (Å²) in [6.07, 6.45) is 4.57. The monoisotopic (exact) mass is 431 g/mol. The molecule has 0 saturated carbocycles.